The lowest BCUT2D eigenvalue weighted by molar-refractivity contribution is -0.115. The Bertz CT molecular complexity index is 1470. The van der Waals surface area contributed by atoms with Gasteiger partial charge in [0.15, 0.2) is 0 Å². The van der Waals surface area contributed by atoms with E-state index >= 15 is 0 Å². The Labute approximate surface area is 244 Å². The number of carbonyl (C=O) groups is 1. The van der Waals surface area contributed by atoms with Crippen LogP contribution in [-0.2, 0) is 22.4 Å². The average molecular weight is 571 g/mol. The number of methoxy groups -OCH3 is 1. The van der Waals surface area contributed by atoms with E-state index in [0.29, 0.717) is 24.3 Å². The third-order valence-electron chi connectivity index (χ3n) is 8.94. The molecular formula is C34H42N2O4Si. The van der Waals surface area contributed by atoms with Gasteiger partial charge in [-0.25, -0.2) is 0 Å². The van der Waals surface area contributed by atoms with Crippen molar-refractivity contribution in [1.29, 1.82) is 0 Å². The fraction of sp³-hybridized carbons (Fsp3) is 0.382. The highest BCUT2D eigenvalue weighted by molar-refractivity contribution is 6.91. The quantitative estimate of drug-likeness (QED) is 0.191. The molecular weight excluding hydrogens is 528 g/mol. The summed E-state index contributed by atoms with van der Waals surface area (Å²) in [5, 5.41) is 15.4. The number of para-hydroxylation sites is 1. The highest BCUT2D eigenvalue weighted by atomic mass is 28.3. The third-order valence-corrected chi connectivity index (χ3v) is 13.3. The Morgan fingerprint density at radius 2 is 1.80 bits per heavy atom. The van der Waals surface area contributed by atoms with Crippen LogP contribution in [0.15, 0.2) is 79.0 Å². The lowest BCUT2D eigenvalue weighted by Gasteiger charge is -2.36. The number of amides is 1. The van der Waals surface area contributed by atoms with Gasteiger partial charge in [-0.2, -0.15) is 0 Å². The molecule has 0 aliphatic carbocycles. The summed E-state index contributed by atoms with van der Waals surface area (Å²) in [5.74, 6) is 1.23. The van der Waals surface area contributed by atoms with Gasteiger partial charge in [0.2, 0.25) is 5.91 Å². The molecule has 2 heterocycles. The van der Waals surface area contributed by atoms with E-state index in [4.69, 9.17) is 9.47 Å². The highest BCUT2D eigenvalue weighted by Crippen LogP contribution is 2.46. The van der Waals surface area contributed by atoms with Gasteiger partial charge in [-0.15, -0.1) is 0 Å². The molecule has 7 heteroatoms. The maximum Gasteiger partial charge on any atom is 0.228 e. The minimum atomic E-state index is -1.91. The zero-order valence-corrected chi connectivity index (χ0v) is 25.5. The van der Waals surface area contributed by atoms with Crippen LogP contribution in [0.3, 0.4) is 0 Å². The van der Waals surface area contributed by atoms with E-state index in [1.165, 1.54) is 10.8 Å². The molecule has 1 aromatic heterocycles. The Morgan fingerprint density at radius 3 is 2.56 bits per heavy atom. The van der Waals surface area contributed by atoms with Crippen molar-refractivity contribution in [2.45, 2.75) is 63.5 Å². The number of carbonyl (C=O) groups excluding carboxylic acids is 1. The molecule has 3 N–H and O–H groups in total. The molecule has 5 rings (SSSR count). The van der Waals surface area contributed by atoms with Gasteiger partial charge in [0.1, 0.15) is 5.75 Å². The van der Waals surface area contributed by atoms with E-state index in [1.807, 2.05) is 42.6 Å². The molecule has 1 saturated heterocycles. The van der Waals surface area contributed by atoms with Crippen LogP contribution in [0.2, 0.25) is 18.6 Å². The summed E-state index contributed by atoms with van der Waals surface area (Å²) >= 11 is 0. The fourth-order valence-corrected chi connectivity index (χ4v) is 10.9. The molecule has 1 amide bonds. The molecule has 1 aliphatic rings. The van der Waals surface area contributed by atoms with Gasteiger partial charge in [0.25, 0.3) is 0 Å². The Kier molecular flexibility index (Phi) is 8.97. The van der Waals surface area contributed by atoms with Crippen LogP contribution in [0.1, 0.15) is 30.9 Å². The van der Waals surface area contributed by atoms with Crippen LogP contribution >= 0.6 is 0 Å². The van der Waals surface area contributed by atoms with E-state index in [0.717, 1.165) is 40.7 Å². The molecule has 6 nitrogen and oxygen atoms in total. The molecule has 0 bridgehead atoms. The van der Waals surface area contributed by atoms with Crippen molar-refractivity contribution in [1.82, 2.24) is 4.98 Å². The summed E-state index contributed by atoms with van der Waals surface area (Å²) in [6.07, 6.45) is 4.85. The van der Waals surface area contributed by atoms with E-state index < -0.39 is 8.07 Å². The van der Waals surface area contributed by atoms with Gasteiger partial charge in [0, 0.05) is 29.4 Å². The van der Waals surface area contributed by atoms with Crippen molar-refractivity contribution in [3.63, 3.8) is 0 Å². The lowest BCUT2D eigenvalue weighted by atomic mass is 9.95. The van der Waals surface area contributed by atoms with Gasteiger partial charge in [-0.05, 0) is 72.2 Å². The van der Waals surface area contributed by atoms with Crippen LogP contribution in [0.5, 0.6) is 5.75 Å². The summed E-state index contributed by atoms with van der Waals surface area (Å²) in [4.78, 5) is 16.1. The Morgan fingerprint density at radius 1 is 1.02 bits per heavy atom. The second-order valence-electron chi connectivity index (χ2n) is 11.9. The lowest BCUT2D eigenvalue weighted by Crippen LogP contribution is -2.50. The number of hydrogen-bond acceptors (Lipinski definition) is 4. The third kappa shape index (κ3) is 6.42. The monoisotopic (exact) mass is 570 g/mol. The van der Waals surface area contributed by atoms with Gasteiger partial charge >= 0.3 is 0 Å². The van der Waals surface area contributed by atoms with Crippen molar-refractivity contribution >= 4 is 35.8 Å². The second kappa shape index (κ2) is 12.6. The number of fused-ring (bicyclic) bond motifs is 1. The SMILES string of the molecule is COc1ccc([Si](C)(C)[C@H]2[C@H](C)[C@H](CCc3cccc(NC(=O)Cc4c[nH]c5ccccc45)c3)O[C@@H]2CCO)cc1. The number of hydrogen-bond donors (Lipinski definition) is 3. The van der Waals surface area contributed by atoms with Crippen LogP contribution in [0.25, 0.3) is 10.9 Å². The van der Waals surface area contributed by atoms with Crippen molar-refractivity contribution < 1.29 is 19.4 Å². The fourth-order valence-electron chi connectivity index (χ4n) is 6.81. The smallest absolute Gasteiger partial charge is 0.228 e. The number of H-pyrrole nitrogens is 1. The topological polar surface area (TPSA) is 83.6 Å². The molecule has 0 saturated carbocycles. The van der Waals surface area contributed by atoms with Crippen LogP contribution < -0.4 is 15.2 Å². The van der Waals surface area contributed by atoms with Crippen LogP contribution in [-0.4, -0.2) is 50.0 Å². The van der Waals surface area contributed by atoms with E-state index in [-0.39, 0.29) is 24.7 Å². The number of aliphatic hydroxyl groups excluding tert-OH is 1. The van der Waals surface area contributed by atoms with Crippen molar-refractivity contribution in [3.8, 4) is 5.75 Å². The van der Waals surface area contributed by atoms with Crippen molar-refractivity contribution in [2.75, 3.05) is 19.0 Å². The Hall–Kier alpha value is -3.39. The summed E-state index contributed by atoms with van der Waals surface area (Å²) in [6.45, 7) is 7.31. The molecule has 1 aliphatic heterocycles. The number of ether oxygens (including phenoxy) is 2. The summed E-state index contributed by atoms with van der Waals surface area (Å²) in [5.41, 5.74) is 4.44. The van der Waals surface area contributed by atoms with Gasteiger partial charge in [-0.1, -0.05) is 67.7 Å². The molecule has 1 fully saturated rings. The summed E-state index contributed by atoms with van der Waals surface area (Å²) < 4.78 is 12.0. The van der Waals surface area contributed by atoms with Crippen molar-refractivity contribution in [3.05, 3.63) is 90.1 Å². The number of nitrogens with one attached hydrogen (secondary N) is 2. The number of aryl methyl sites for hydroxylation is 1. The maximum atomic E-state index is 12.9. The summed E-state index contributed by atoms with van der Waals surface area (Å²) in [6, 6.07) is 24.7. The van der Waals surface area contributed by atoms with Gasteiger partial charge < -0.3 is 24.9 Å². The largest absolute Gasteiger partial charge is 0.497 e. The Balaban J connectivity index is 1.23. The number of aromatic nitrogens is 1. The minimum absolute atomic E-state index is 0.0277. The first-order valence-electron chi connectivity index (χ1n) is 14.6. The van der Waals surface area contributed by atoms with Gasteiger partial charge in [-0.3, -0.25) is 4.79 Å². The molecule has 4 aromatic rings. The normalized spacial score (nSPS) is 20.8. The van der Waals surface area contributed by atoms with Crippen LogP contribution in [0.4, 0.5) is 5.69 Å². The van der Waals surface area contributed by atoms with E-state index in [2.05, 4.69) is 66.7 Å². The molecule has 0 unspecified atom stereocenters. The standard InChI is InChI=1S/C34H42N2O4Si/c1-23-31(40-32(18-19-37)34(23)41(3,4)28-15-13-27(39-2)14-16-28)17-12-24-8-7-9-26(20-24)36-33(38)21-25-22-35-30-11-6-5-10-29(25)30/h5-11,13-16,20,22-23,31-32,34-35,37H,12,17-19,21H2,1-4H3,(H,36,38)/t23-,31+,32-,34+/m1/s1. The molecule has 4 atom stereocenters. The number of aromatic amines is 1. The molecule has 216 valence electrons. The highest BCUT2D eigenvalue weighted by Gasteiger charge is 2.50. The van der Waals surface area contributed by atoms with Crippen molar-refractivity contribution in [2.24, 2.45) is 5.92 Å². The minimum Gasteiger partial charge on any atom is -0.497 e. The first-order valence-corrected chi connectivity index (χ1v) is 17.7. The number of anilines is 1. The van der Waals surface area contributed by atoms with E-state index in [9.17, 15) is 9.90 Å². The first kappa shape index (κ1) is 29.1. The predicted octanol–water partition coefficient (Wildman–Crippen LogP) is 6.06. The molecule has 0 radical (unpaired) electrons. The van der Waals surface area contributed by atoms with E-state index in [1.54, 1.807) is 7.11 Å². The molecule has 3 aromatic carbocycles. The first-order chi connectivity index (χ1) is 19.8. The maximum absolute atomic E-state index is 12.9. The molecule has 41 heavy (non-hydrogen) atoms. The number of rotatable bonds is 11. The van der Waals surface area contributed by atoms with Gasteiger partial charge in [0.05, 0.1) is 33.8 Å². The molecule has 0 spiro atoms. The number of aliphatic hydroxyl groups is 1. The van der Waals surface area contributed by atoms with Crippen LogP contribution in [0, 0.1) is 5.92 Å². The average Bonchev–Trinajstić information content (AvgIpc) is 3.52. The summed E-state index contributed by atoms with van der Waals surface area (Å²) in [7, 11) is -0.213. The zero-order chi connectivity index (χ0) is 29.0. The predicted molar refractivity (Wildman–Crippen MR) is 169 cm³/mol. The zero-order valence-electron chi connectivity index (χ0n) is 24.5. The second-order valence-corrected chi connectivity index (χ2v) is 16.6. The number of benzene rings is 3.